The summed E-state index contributed by atoms with van der Waals surface area (Å²) in [4.78, 5) is 36.4. The summed E-state index contributed by atoms with van der Waals surface area (Å²) < 4.78 is 127. The molecular formula is C74H145NO28. The molecule has 614 valence electrons. The summed E-state index contributed by atoms with van der Waals surface area (Å²) in [5, 5.41) is 22.7. The van der Waals surface area contributed by atoms with Crippen molar-refractivity contribution in [2.24, 2.45) is 5.41 Å². The third kappa shape index (κ3) is 80.3. The number of hydrogen-bond acceptors (Lipinski definition) is 26. The van der Waals surface area contributed by atoms with Crippen molar-refractivity contribution < 1.29 is 134 Å². The Morgan fingerprint density at radius 3 is 0.563 bits per heavy atom. The van der Waals surface area contributed by atoms with Crippen LogP contribution in [0.5, 0.6) is 0 Å². The van der Waals surface area contributed by atoms with Gasteiger partial charge in [0, 0.05) is 19.6 Å². The van der Waals surface area contributed by atoms with E-state index in [-0.39, 0.29) is 18.7 Å². The zero-order chi connectivity index (χ0) is 74.3. The van der Waals surface area contributed by atoms with Gasteiger partial charge in [-0.15, -0.1) is 0 Å². The minimum Gasteiger partial charge on any atom is -0.480 e. The lowest BCUT2D eigenvalue weighted by Gasteiger charge is -2.25. The van der Waals surface area contributed by atoms with Crippen LogP contribution in [0.3, 0.4) is 0 Å². The van der Waals surface area contributed by atoms with Crippen molar-refractivity contribution in [1.29, 1.82) is 0 Å². The number of carbonyl (C=O) groups excluding carboxylic acids is 1. The van der Waals surface area contributed by atoms with Crippen LogP contribution < -0.4 is 5.32 Å². The molecule has 103 heavy (non-hydrogen) atoms. The highest BCUT2D eigenvalue weighted by atomic mass is 16.6. The summed E-state index contributed by atoms with van der Waals surface area (Å²) in [7, 11) is 0. The van der Waals surface area contributed by atoms with Crippen LogP contribution in [0.1, 0.15) is 149 Å². The Hall–Kier alpha value is -2.51. The zero-order valence-corrected chi connectivity index (χ0v) is 64.1. The molecule has 29 heteroatoms. The summed E-state index contributed by atoms with van der Waals surface area (Å²) in [5.74, 6) is -2.39. The summed E-state index contributed by atoms with van der Waals surface area (Å²) >= 11 is 0. The smallest absolute Gasteiger partial charge is 0.321 e. The summed E-state index contributed by atoms with van der Waals surface area (Å²) in [5.41, 5.74) is -1.67. The first-order valence-corrected chi connectivity index (χ1v) is 38.9. The fourth-order valence-electron chi connectivity index (χ4n) is 9.59. The molecule has 0 aliphatic rings. The number of carboxylic acids is 2. The number of rotatable bonds is 94. The molecule has 1 amide bonds. The zero-order valence-electron chi connectivity index (χ0n) is 64.1. The number of hydrogen-bond donors (Lipinski definition) is 3. The second-order valence-corrected chi connectivity index (χ2v) is 24.0. The molecule has 0 radical (unpaired) electrons. The van der Waals surface area contributed by atoms with Gasteiger partial charge in [0.25, 0.3) is 0 Å². The molecule has 0 rings (SSSR count). The topological polar surface area (TPSA) is 316 Å². The van der Waals surface area contributed by atoms with Gasteiger partial charge in [-0.2, -0.15) is 0 Å². The molecule has 0 unspecified atom stereocenters. The standard InChI is InChI=1S/C74H145NO28/c1-3-5-6-7-8-10-13-16-19-22-74(72(77)78,73(79)80)23-20-17-14-11-9-12-15-18-21-71(76)75-24-26-82-28-30-84-32-34-86-36-38-88-40-42-90-44-46-92-48-50-94-52-54-96-56-58-98-60-62-100-64-66-102-68-70-103-69-67-101-65-63-99-61-59-97-57-55-95-53-51-93-49-47-91-45-43-89-41-39-87-37-35-85-33-31-83-29-27-81-25-4-2/h3-70H2,1-2H3,(H,75,76)(H,77,78)(H,79,80). The van der Waals surface area contributed by atoms with Crippen LogP contribution in [0.4, 0.5) is 0 Å². The van der Waals surface area contributed by atoms with Crippen molar-refractivity contribution in [3.8, 4) is 0 Å². The van der Waals surface area contributed by atoms with E-state index in [2.05, 4.69) is 19.2 Å². The van der Waals surface area contributed by atoms with Gasteiger partial charge in [-0.1, -0.05) is 117 Å². The molecule has 0 saturated heterocycles. The number of nitrogens with one attached hydrogen (secondary N) is 1. The number of unbranched alkanes of at least 4 members (excludes halogenated alkanes) is 15. The quantitative estimate of drug-likeness (QED) is 0.0385. The maximum atomic E-state index is 12.2. The van der Waals surface area contributed by atoms with E-state index in [1.165, 1.54) is 32.1 Å². The molecule has 0 aromatic carbocycles. The second-order valence-electron chi connectivity index (χ2n) is 24.0. The van der Waals surface area contributed by atoms with Crippen molar-refractivity contribution >= 4 is 17.8 Å². The van der Waals surface area contributed by atoms with Crippen molar-refractivity contribution in [2.45, 2.75) is 149 Å². The molecular weight excluding hydrogens is 1350 g/mol. The van der Waals surface area contributed by atoms with Crippen LogP contribution in [0.2, 0.25) is 0 Å². The van der Waals surface area contributed by atoms with E-state index in [9.17, 15) is 24.6 Å². The Bertz CT molecular complexity index is 1660. The van der Waals surface area contributed by atoms with Gasteiger partial charge in [-0.25, -0.2) is 0 Å². The molecule has 29 nitrogen and oxygen atoms in total. The van der Waals surface area contributed by atoms with Crippen LogP contribution in [-0.2, 0) is 123 Å². The third-order valence-electron chi connectivity index (χ3n) is 15.4. The monoisotopic (exact) mass is 1500 g/mol. The highest BCUT2D eigenvalue weighted by Crippen LogP contribution is 2.33. The van der Waals surface area contributed by atoms with Crippen LogP contribution in [-0.4, -0.2) is 339 Å². The van der Waals surface area contributed by atoms with Crippen LogP contribution >= 0.6 is 0 Å². The fraction of sp³-hybridized carbons (Fsp3) is 0.959. The first kappa shape index (κ1) is 100. The summed E-state index contributed by atoms with van der Waals surface area (Å²) in [6.45, 7) is 27.4. The largest absolute Gasteiger partial charge is 0.480 e. The van der Waals surface area contributed by atoms with Gasteiger partial charge in [0.1, 0.15) is 0 Å². The first-order chi connectivity index (χ1) is 50.9. The van der Waals surface area contributed by atoms with Gasteiger partial charge in [0.05, 0.1) is 297 Å². The Kier molecular flexibility index (Phi) is 86.2. The molecule has 0 aromatic heterocycles. The first-order valence-electron chi connectivity index (χ1n) is 38.9. The number of ether oxygens (including phenoxy) is 23. The highest BCUT2D eigenvalue weighted by molar-refractivity contribution is 5.98. The minimum absolute atomic E-state index is 0.0194. The van der Waals surface area contributed by atoms with Gasteiger partial charge in [0.15, 0.2) is 5.41 Å². The molecule has 0 aliphatic heterocycles. The summed E-state index contributed by atoms with van der Waals surface area (Å²) in [6, 6.07) is 0. The molecule has 0 atom stereocenters. The van der Waals surface area contributed by atoms with Crippen LogP contribution in [0.15, 0.2) is 0 Å². The maximum absolute atomic E-state index is 12.2. The molecule has 3 N–H and O–H groups in total. The van der Waals surface area contributed by atoms with E-state index in [1.807, 2.05) is 0 Å². The molecule has 0 bridgehead atoms. The number of carboxylic acid groups (broad SMARTS) is 2. The van der Waals surface area contributed by atoms with Gasteiger partial charge >= 0.3 is 11.9 Å². The van der Waals surface area contributed by atoms with Gasteiger partial charge < -0.3 is 124 Å². The van der Waals surface area contributed by atoms with Crippen molar-refractivity contribution in [3.63, 3.8) is 0 Å². The Balaban J connectivity index is 3.24. The molecule has 0 fully saturated rings. The molecule has 0 aromatic rings. The van der Waals surface area contributed by atoms with Crippen molar-refractivity contribution in [2.75, 3.05) is 310 Å². The normalized spacial score (nSPS) is 11.8. The van der Waals surface area contributed by atoms with E-state index < -0.39 is 17.4 Å². The Labute approximate surface area is 619 Å². The van der Waals surface area contributed by atoms with Gasteiger partial charge in [-0.3, -0.25) is 14.4 Å². The SMILES string of the molecule is CCCCCCCCCCCC(CCCCCCCCCCC(=O)NCCOCCOCCOCCOCCOCCOCCOCCOCCOCCOCCOCCOCCOCCOCCOCCOCCOCCOCCOCCOCCOCCOCCOCCC)(C(=O)O)C(=O)O. The molecule has 0 aliphatic carbocycles. The van der Waals surface area contributed by atoms with E-state index in [4.69, 9.17) is 109 Å². The minimum atomic E-state index is -1.67. The number of amides is 1. The Morgan fingerprint density at radius 2 is 0.379 bits per heavy atom. The van der Waals surface area contributed by atoms with Crippen LogP contribution in [0.25, 0.3) is 0 Å². The average molecular weight is 1500 g/mol. The molecule has 0 heterocycles. The van der Waals surface area contributed by atoms with Crippen molar-refractivity contribution in [3.05, 3.63) is 0 Å². The van der Waals surface area contributed by atoms with E-state index in [0.717, 1.165) is 77.2 Å². The Morgan fingerprint density at radius 1 is 0.214 bits per heavy atom. The third-order valence-corrected chi connectivity index (χ3v) is 15.4. The maximum Gasteiger partial charge on any atom is 0.321 e. The van der Waals surface area contributed by atoms with Crippen molar-refractivity contribution in [1.82, 2.24) is 5.32 Å². The fourth-order valence-corrected chi connectivity index (χ4v) is 9.59. The lowest BCUT2D eigenvalue weighted by molar-refractivity contribution is -0.166. The number of carbonyl (C=O) groups is 3. The lowest BCUT2D eigenvalue weighted by atomic mass is 9.78. The van der Waals surface area contributed by atoms with Gasteiger partial charge in [-0.05, 0) is 25.7 Å². The van der Waals surface area contributed by atoms with E-state index in [0.29, 0.717) is 323 Å². The van der Waals surface area contributed by atoms with Crippen LogP contribution in [0, 0.1) is 5.41 Å². The van der Waals surface area contributed by atoms with E-state index >= 15 is 0 Å². The lowest BCUT2D eigenvalue weighted by Crippen LogP contribution is -2.39. The summed E-state index contributed by atoms with van der Waals surface area (Å²) in [6.07, 6.45) is 19.0. The molecule has 0 saturated carbocycles. The molecule has 0 spiro atoms. The average Bonchev–Trinajstić information content (AvgIpc) is 0.830. The second kappa shape index (κ2) is 88.4. The predicted octanol–water partition coefficient (Wildman–Crippen LogP) is 7.87. The highest BCUT2D eigenvalue weighted by Gasteiger charge is 2.45. The van der Waals surface area contributed by atoms with Gasteiger partial charge in [0.2, 0.25) is 5.91 Å². The number of aliphatic carboxylic acids is 2. The predicted molar refractivity (Wildman–Crippen MR) is 388 cm³/mol. The van der Waals surface area contributed by atoms with E-state index in [1.54, 1.807) is 0 Å².